The largest absolute Gasteiger partial charge is 0.464 e. The first kappa shape index (κ1) is 11.8. The lowest BCUT2D eigenvalue weighted by atomic mass is 10.3. The van der Waals surface area contributed by atoms with Crippen molar-refractivity contribution in [1.29, 1.82) is 0 Å². The van der Waals surface area contributed by atoms with Gasteiger partial charge in [-0.3, -0.25) is 9.13 Å². The first-order valence-electron chi connectivity index (χ1n) is 6.44. The number of fused-ring (bicyclic) bond motifs is 1. The smallest absolute Gasteiger partial charge is 0.329 e. The van der Waals surface area contributed by atoms with Crippen LogP contribution in [0.2, 0.25) is 0 Å². The minimum absolute atomic E-state index is 0.0118. The van der Waals surface area contributed by atoms with Gasteiger partial charge in [0.25, 0.3) is 0 Å². The maximum absolute atomic E-state index is 12.4. The normalized spacial score (nSPS) is 11.3. The molecule has 3 aromatic rings. The summed E-state index contributed by atoms with van der Waals surface area (Å²) in [4.78, 5) is 12.4. The van der Waals surface area contributed by atoms with Gasteiger partial charge in [-0.1, -0.05) is 12.1 Å². The first-order valence-corrected chi connectivity index (χ1v) is 6.44. The topological polar surface area (TPSA) is 40.1 Å². The van der Waals surface area contributed by atoms with Crippen LogP contribution in [0.25, 0.3) is 11.0 Å². The van der Waals surface area contributed by atoms with Crippen LogP contribution < -0.4 is 5.69 Å². The Balaban J connectivity index is 2.18. The van der Waals surface area contributed by atoms with Gasteiger partial charge in [0.2, 0.25) is 0 Å². The Labute approximate surface area is 110 Å². The summed E-state index contributed by atoms with van der Waals surface area (Å²) in [6, 6.07) is 11.7. The minimum atomic E-state index is 0.0118. The number of imidazole rings is 1. The van der Waals surface area contributed by atoms with Gasteiger partial charge in [0, 0.05) is 6.54 Å². The summed E-state index contributed by atoms with van der Waals surface area (Å²) in [5, 5.41) is 0. The van der Waals surface area contributed by atoms with Crippen molar-refractivity contribution >= 4 is 11.0 Å². The van der Waals surface area contributed by atoms with Crippen molar-refractivity contribution in [3.8, 4) is 0 Å². The molecule has 1 aromatic carbocycles. The fraction of sp³-hybridized carbons (Fsp3) is 0.267. The molecule has 0 amide bonds. The number of nitrogens with zero attached hydrogens (tertiary/aromatic N) is 2. The summed E-state index contributed by atoms with van der Waals surface area (Å²) < 4.78 is 9.11. The Kier molecular flexibility index (Phi) is 2.78. The number of aromatic nitrogens is 2. The van der Waals surface area contributed by atoms with Crippen LogP contribution in [0.1, 0.15) is 18.4 Å². The second kappa shape index (κ2) is 4.46. The predicted molar refractivity (Wildman–Crippen MR) is 74.4 cm³/mol. The van der Waals surface area contributed by atoms with Crippen LogP contribution in [-0.4, -0.2) is 9.13 Å². The van der Waals surface area contributed by atoms with Crippen LogP contribution in [0.3, 0.4) is 0 Å². The molecule has 0 radical (unpaired) electrons. The first-order chi connectivity index (χ1) is 9.20. The monoisotopic (exact) mass is 256 g/mol. The van der Waals surface area contributed by atoms with Crippen molar-refractivity contribution in [3.05, 3.63) is 58.4 Å². The lowest BCUT2D eigenvalue weighted by molar-refractivity contribution is 0.468. The summed E-state index contributed by atoms with van der Waals surface area (Å²) in [6.45, 7) is 5.03. The molecule has 0 unspecified atom stereocenters. The summed E-state index contributed by atoms with van der Waals surface area (Å²) in [7, 11) is 0. The van der Waals surface area contributed by atoms with Gasteiger partial charge in [0.1, 0.15) is 11.5 Å². The second-order valence-electron chi connectivity index (χ2n) is 4.61. The van der Waals surface area contributed by atoms with E-state index in [2.05, 4.69) is 0 Å². The lowest BCUT2D eigenvalue weighted by Crippen LogP contribution is -2.24. The molecular weight excluding hydrogens is 240 g/mol. The average molecular weight is 256 g/mol. The second-order valence-corrected chi connectivity index (χ2v) is 4.61. The number of hydrogen-bond acceptors (Lipinski definition) is 2. The van der Waals surface area contributed by atoms with Gasteiger partial charge in [-0.2, -0.15) is 0 Å². The van der Waals surface area contributed by atoms with Crippen molar-refractivity contribution in [2.45, 2.75) is 26.9 Å². The fourth-order valence-corrected chi connectivity index (χ4v) is 2.46. The molecule has 0 fully saturated rings. The van der Waals surface area contributed by atoms with Crippen LogP contribution >= 0.6 is 0 Å². The van der Waals surface area contributed by atoms with Crippen LogP contribution in [0.15, 0.2) is 45.6 Å². The minimum Gasteiger partial charge on any atom is -0.464 e. The predicted octanol–water partition coefficient (Wildman–Crippen LogP) is 2.77. The summed E-state index contributed by atoms with van der Waals surface area (Å²) >= 11 is 0. The molecule has 19 heavy (non-hydrogen) atoms. The van der Waals surface area contributed by atoms with Gasteiger partial charge in [-0.25, -0.2) is 4.79 Å². The van der Waals surface area contributed by atoms with Gasteiger partial charge in [-0.05, 0) is 38.1 Å². The Hall–Kier alpha value is -2.23. The molecule has 2 heterocycles. The molecule has 0 N–H and O–H groups in total. The van der Waals surface area contributed by atoms with Gasteiger partial charge in [-0.15, -0.1) is 0 Å². The molecule has 0 bridgehead atoms. The number of aryl methyl sites for hydroxylation is 2. The molecule has 0 aliphatic rings. The Morgan fingerprint density at radius 3 is 2.32 bits per heavy atom. The SMILES string of the molecule is CCn1c(=O)n(Cc2ccc(C)o2)c2ccccc21. The highest BCUT2D eigenvalue weighted by atomic mass is 16.3. The molecule has 0 aliphatic heterocycles. The van der Waals surface area contributed by atoms with Crippen LogP contribution in [0.4, 0.5) is 0 Å². The van der Waals surface area contributed by atoms with Crippen molar-refractivity contribution in [2.75, 3.05) is 0 Å². The molecule has 0 atom stereocenters. The molecule has 4 nitrogen and oxygen atoms in total. The molecule has 0 saturated heterocycles. The highest BCUT2D eigenvalue weighted by Gasteiger charge is 2.12. The quantitative estimate of drug-likeness (QED) is 0.723. The molecule has 98 valence electrons. The number of para-hydroxylation sites is 2. The molecule has 4 heteroatoms. The van der Waals surface area contributed by atoms with E-state index in [9.17, 15) is 4.79 Å². The number of rotatable bonds is 3. The third kappa shape index (κ3) is 1.89. The van der Waals surface area contributed by atoms with E-state index in [4.69, 9.17) is 4.42 Å². The number of furan rings is 1. The van der Waals surface area contributed by atoms with Crippen LogP contribution in [0, 0.1) is 6.92 Å². The van der Waals surface area contributed by atoms with E-state index in [-0.39, 0.29) is 5.69 Å². The maximum Gasteiger partial charge on any atom is 0.329 e. The van der Waals surface area contributed by atoms with E-state index in [1.54, 1.807) is 9.13 Å². The summed E-state index contributed by atoms with van der Waals surface area (Å²) in [5.74, 6) is 1.67. The van der Waals surface area contributed by atoms with Gasteiger partial charge < -0.3 is 4.42 Å². The van der Waals surface area contributed by atoms with E-state index >= 15 is 0 Å². The third-order valence-electron chi connectivity index (χ3n) is 3.35. The van der Waals surface area contributed by atoms with E-state index in [1.807, 2.05) is 50.2 Å². The van der Waals surface area contributed by atoms with Gasteiger partial charge >= 0.3 is 5.69 Å². The standard InChI is InChI=1S/C15H16N2O2/c1-3-16-13-6-4-5-7-14(13)17(15(16)18)10-12-9-8-11(2)19-12/h4-9H,3,10H2,1-2H3. The Morgan fingerprint density at radius 2 is 1.74 bits per heavy atom. The zero-order valence-electron chi connectivity index (χ0n) is 11.1. The maximum atomic E-state index is 12.4. The molecule has 0 aliphatic carbocycles. The number of benzene rings is 1. The summed E-state index contributed by atoms with van der Waals surface area (Å²) in [5.41, 5.74) is 1.93. The highest BCUT2D eigenvalue weighted by Crippen LogP contribution is 2.15. The zero-order valence-corrected chi connectivity index (χ0v) is 11.1. The highest BCUT2D eigenvalue weighted by molar-refractivity contribution is 5.76. The van der Waals surface area contributed by atoms with E-state index < -0.39 is 0 Å². The zero-order chi connectivity index (χ0) is 13.4. The van der Waals surface area contributed by atoms with Crippen molar-refractivity contribution < 1.29 is 4.42 Å². The fourth-order valence-electron chi connectivity index (χ4n) is 2.46. The number of hydrogen-bond donors (Lipinski definition) is 0. The summed E-state index contributed by atoms with van der Waals surface area (Å²) in [6.07, 6.45) is 0. The molecule has 2 aromatic heterocycles. The van der Waals surface area contributed by atoms with E-state index in [0.717, 1.165) is 22.6 Å². The molecule has 0 spiro atoms. The lowest BCUT2D eigenvalue weighted by Gasteiger charge is -1.99. The van der Waals surface area contributed by atoms with E-state index in [1.165, 1.54) is 0 Å². The van der Waals surface area contributed by atoms with Crippen molar-refractivity contribution in [3.63, 3.8) is 0 Å². The molecule has 3 rings (SSSR count). The van der Waals surface area contributed by atoms with Crippen LogP contribution in [-0.2, 0) is 13.1 Å². The van der Waals surface area contributed by atoms with Gasteiger partial charge in [0.15, 0.2) is 0 Å². The van der Waals surface area contributed by atoms with Crippen molar-refractivity contribution in [2.24, 2.45) is 0 Å². The molecular formula is C15H16N2O2. The van der Waals surface area contributed by atoms with Crippen molar-refractivity contribution in [1.82, 2.24) is 9.13 Å². The average Bonchev–Trinajstić information content (AvgIpc) is 2.93. The molecule has 0 saturated carbocycles. The third-order valence-corrected chi connectivity index (χ3v) is 3.35. The van der Waals surface area contributed by atoms with E-state index in [0.29, 0.717) is 13.1 Å². The Bertz CT molecular complexity index is 777. The Morgan fingerprint density at radius 1 is 1.05 bits per heavy atom. The van der Waals surface area contributed by atoms with Crippen LogP contribution in [0.5, 0.6) is 0 Å². The van der Waals surface area contributed by atoms with Gasteiger partial charge in [0.05, 0.1) is 17.6 Å².